The van der Waals surface area contributed by atoms with Crippen LogP contribution in [0.4, 0.5) is 4.79 Å². The number of carboxylic acid groups (broad SMARTS) is 1. The smallest absolute Gasteiger partial charge is 0.415 e. The first-order valence-corrected chi connectivity index (χ1v) is 14.9. The fourth-order valence-electron chi connectivity index (χ4n) is 5.08. The van der Waals surface area contributed by atoms with Crippen molar-refractivity contribution >= 4 is 41.2 Å². The summed E-state index contributed by atoms with van der Waals surface area (Å²) in [6, 6.07) is 18.0. The van der Waals surface area contributed by atoms with Gasteiger partial charge in [-0.25, -0.2) is 9.59 Å². The van der Waals surface area contributed by atoms with Crippen LogP contribution in [0, 0.1) is 25.7 Å². The quantitative estimate of drug-likeness (QED) is 0.208. The number of nitrogens with zero attached hydrogens (tertiary/aromatic N) is 1. The number of aryl methyl sites for hydroxylation is 2. The van der Waals surface area contributed by atoms with E-state index < -0.39 is 23.6 Å². The van der Waals surface area contributed by atoms with E-state index in [1.165, 1.54) is 13.8 Å². The molecule has 1 heterocycles. The first-order valence-electron chi connectivity index (χ1n) is 13.3. The summed E-state index contributed by atoms with van der Waals surface area (Å²) in [4.78, 5) is 41.1. The van der Waals surface area contributed by atoms with Crippen LogP contribution in [0.1, 0.15) is 40.9 Å². The summed E-state index contributed by atoms with van der Waals surface area (Å²) in [7, 11) is 0. The Labute approximate surface area is 249 Å². The molecule has 0 spiro atoms. The number of halogens is 1. The average molecular weight is 596 g/mol. The van der Waals surface area contributed by atoms with Crippen molar-refractivity contribution in [1.29, 1.82) is 0 Å². The second kappa shape index (κ2) is 12.6. The average Bonchev–Trinajstić information content (AvgIpc) is 3.35. The first-order chi connectivity index (χ1) is 19.4. The van der Waals surface area contributed by atoms with Crippen molar-refractivity contribution in [2.24, 2.45) is 11.8 Å². The maximum atomic E-state index is 13.7. The number of ketones is 1. The maximum Gasteiger partial charge on any atom is 0.415 e. The van der Waals surface area contributed by atoms with Crippen molar-refractivity contribution in [2.45, 2.75) is 44.6 Å². The predicted molar refractivity (Wildman–Crippen MR) is 161 cm³/mol. The van der Waals surface area contributed by atoms with E-state index in [4.69, 9.17) is 21.1 Å². The monoisotopic (exact) mass is 595 g/mol. The summed E-state index contributed by atoms with van der Waals surface area (Å²) in [5, 5.41) is 10.0. The van der Waals surface area contributed by atoms with E-state index in [1.807, 2.05) is 56.5 Å². The third-order valence-corrected chi connectivity index (χ3v) is 8.32. The van der Waals surface area contributed by atoms with E-state index in [9.17, 15) is 19.5 Å². The second-order valence-corrected chi connectivity index (χ2v) is 12.2. The number of carboxylic acids is 1. The largest absolute Gasteiger partial charge is 0.478 e. The number of amides is 1. The van der Waals surface area contributed by atoms with Gasteiger partial charge in [0.1, 0.15) is 11.5 Å². The highest BCUT2D eigenvalue weighted by molar-refractivity contribution is 7.98. The van der Waals surface area contributed by atoms with E-state index in [-0.39, 0.29) is 18.2 Å². The minimum atomic E-state index is -1.38. The fourth-order valence-corrected chi connectivity index (χ4v) is 5.62. The summed E-state index contributed by atoms with van der Waals surface area (Å²) in [6.45, 7) is 7.38. The lowest BCUT2D eigenvalue weighted by Gasteiger charge is -2.25. The van der Waals surface area contributed by atoms with E-state index in [0.29, 0.717) is 35.1 Å². The van der Waals surface area contributed by atoms with Crippen LogP contribution in [0.25, 0.3) is 0 Å². The normalized spacial score (nSPS) is 16.9. The van der Waals surface area contributed by atoms with Gasteiger partial charge in [0.15, 0.2) is 11.4 Å². The van der Waals surface area contributed by atoms with Crippen LogP contribution in [0.5, 0.6) is 11.5 Å². The third-order valence-electron chi connectivity index (χ3n) is 7.32. The molecule has 0 bridgehead atoms. The lowest BCUT2D eigenvalue weighted by molar-refractivity contribution is -0.152. The molecule has 0 saturated carbocycles. The predicted octanol–water partition coefficient (Wildman–Crippen LogP) is 7.09. The number of rotatable bonds is 9. The van der Waals surface area contributed by atoms with Crippen molar-refractivity contribution in [3.8, 4) is 11.5 Å². The molecule has 1 aliphatic rings. The molecular weight excluding hydrogens is 562 g/mol. The van der Waals surface area contributed by atoms with Crippen LogP contribution in [0.3, 0.4) is 0 Å². The number of aliphatic carboxylic acids is 1. The zero-order chi connectivity index (χ0) is 29.9. The summed E-state index contributed by atoms with van der Waals surface area (Å²) in [5.41, 5.74) is 1.83. The molecule has 3 aromatic carbocycles. The van der Waals surface area contributed by atoms with Crippen molar-refractivity contribution in [2.75, 3.05) is 19.3 Å². The molecule has 0 radical (unpaired) electrons. The summed E-state index contributed by atoms with van der Waals surface area (Å²) in [6.07, 6.45) is 2.02. The SMILES string of the molecule is CSc1ccc(C(=O)C2CN(C(=O)Oc3ccc(Cl)cc3)C[C@H]2Cc2cc(C)c(OC(C)(C)C(=O)O)c(C)c2)cc1. The number of carbonyl (C=O) groups excluding carboxylic acids is 2. The Balaban J connectivity index is 1.59. The number of Topliss-reactive ketones (excluding diaryl/α,β-unsaturated/α-hetero) is 1. The third kappa shape index (κ3) is 7.24. The van der Waals surface area contributed by atoms with Gasteiger partial charge in [0.2, 0.25) is 0 Å². The van der Waals surface area contributed by atoms with Crippen LogP contribution in [-0.4, -0.2) is 52.8 Å². The molecule has 4 rings (SSSR count). The van der Waals surface area contributed by atoms with Crippen molar-refractivity contribution < 1.29 is 29.0 Å². The molecular formula is C32H34ClNO6S. The van der Waals surface area contributed by atoms with Gasteiger partial charge in [-0.2, -0.15) is 0 Å². The van der Waals surface area contributed by atoms with Gasteiger partial charge in [0, 0.05) is 34.5 Å². The molecule has 9 heteroatoms. The van der Waals surface area contributed by atoms with Crippen molar-refractivity contribution in [3.63, 3.8) is 0 Å². The molecule has 1 N–H and O–H groups in total. The Bertz CT molecular complexity index is 1410. The highest BCUT2D eigenvalue weighted by Crippen LogP contribution is 2.34. The molecule has 1 unspecified atom stereocenters. The minimum absolute atomic E-state index is 0.0129. The molecule has 1 fully saturated rings. The number of hydrogen-bond acceptors (Lipinski definition) is 6. The molecule has 3 aromatic rings. The van der Waals surface area contributed by atoms with Gasteiger partial charge < -0.3 is 19.5 Å². The second-order valence-electron chi connectivity index (χ2n) is 10.9. The van der Waals surface area contributed by atoms with Crippen LogP contribution in [0.15, 0.2) is 65.6 Å². The molecule has 0 aromatic heterocycles. The zero-order valence-corrected chi connectivity index (χ0v) is 25.3. The molecule has 7 nitrogen and oxygen atoms in total. The summed E-state index contributed by atoms with van der Waals surface area (Å²) >= 11 is 7.56. The summed E-state index contributed by atoms with van der Waals surface area (Å²) < 4.78 is 11.5. The van der Waals surface area contributed by atoms with E-state index >= 15 is 0 Å². The van der Waals surface area contributed by atoms with E-state index in [2.05, 4.69) is 0 Å². The van der Waals surface area contributed by atoms with E-state index in [0.717, 1.165) is 21.6 Å². The molecule has 0 aliphatic carbocycles. The van der Waals surface area contributed by atoms with Crippen LogP contribution in [0.2, 0.25) is 5.02 Å². The van der Waals surface area contributed by atoms with Gasteiger partial charge in [-0.1, -0.05) is 35.9 Å². The minimum Gasteiger partial charge on any atom is -0.478 e. The maximum absolute atomic E-state index is 13.7. The lowest BCUT2D eigenvalue weighted by Crippen LogP contribution is -2.38. The highest BCUT2D eigenvalue weighted by atomic mass is 35.5. The zero-order valence-electron chi connectivity index (χ0n) is 23.8. The van der Waals surface area contributed by atoms with E-state index in [1.54, 1.807) is 40.9 Å². The van der Waals surface area contributed by atoms with Crippen molar-refractivity contribution in [3.05, 3.63) is 87.9 Å². The van der Waals surface area contributed by atoms with Crippen LogP contribution >= 0.6 is 23.4 Å². The van der Waals surface area contributed by atoms with Crippen LogP contribution in [-0.2, 0) is 11.2 Å². The van der Waals surface area contributed by atoms with Crippen molar-refractivity contribution in [1.82, 2.24) is 4.90 Å². The van der Waals surface area contributed by atoms with Gasteiger partial charge in [-0.3, -0.25) is 4.79 Å². The van der Waals surface area contributed by atoms with Gasteiger partial charge in [-0.15, -0.1) is 11.8 Å². The molecule has 1 saturated heterocycles. The van der Waals surface area contributed by atoms with Gasteiger partial charge in [0.25, 0.3) is 0 Å². The first kappa shape index (κ1) is 30.5. The number of benzene rings is 3. The Morgan fingerprint density at radius 1 is 1.00 bits per heavy atom. The molecule has 1 amide bonds. The molecule has 41 heavy (non-hydrogen) atoms. The number of ether oxygens (including phenoxy) is 2. The Morgan fingerprint density at radius 3 is 2.17 bits per heavy atom. The highest BCUT2D eigenvalue weighted by Gasteiger charge is 2.41. The Morgan fingerprint density at radius 2 is 1.61 bits per heavy atom. The topological polar surface area (TPSA) is 93.1 Å². The Hall–Kier alpha value is -3.49. The summed E-state index contributed by atoms with van der Waals surface area (Å²) in [5.74, 6) is -0.728. The lowest BCUT2D eigenvalue weighted by atomic mass is 9.84. The van der Waals surface area contributed by atoms with Gasteiger partial charge >= 0.3 is 12.1 Å². The molecule has 1 aliphatic heterocycles. The number of carbonyl (C=O) groups is 3. The standard InChI is InChI=1S/C32H34ClNO6S/c1-19-14-21(15-20(2)29(19)40-32(3,4)30(36)37)16-23-17-34(31(38)39-25-10-8-24(33)9-11-25)18-27(23)28(35)22-6-12-26(41-5)13-7-22/h6-15,23,27H,16-18H2,1-5H3,(H,36,37)/t23-,27?/m1/s1. The Kier molecular flexibility index (Phi) is 9.34. The van der Waals surface area contributed by atoms with Gasteiger partial charge in [0.05, 0.1) is 0 Å². The number of likely N-dealkylation sites (tertiary alicyclic amines) is 1. The number of hydrogen-bond donors (Lipinski definition) is 1. The molecule has 2 atom stereocenters. The fraction of sp³-hybridized carbons (Fsp3) is 0.344. The van der Waals surface area contributed by atoms with Gasteiger partial charge in [-0.05, 0) is 99.4 Å². The van der Waals surface area contributed by atoms with Crippen LogP contribution < -0.4 is 9.47 Å². The number of thioether (sulfide) groups is 1. The molecule has 216 valence electrons.